The summed E-state index contributed by atoms with van der Waals surface area (Å²) in [5, 5.41) is 1.11. The van der Waals surface area contributed by atoms with Crippen molar-refractivity contribution in [2.24, 2.45) is 0 Å². The first-order valence-corrected chi connectivity index (χ1v) is 4.24. The van der Waals surface area contributed by atoms with Gasteiger partial charge in [0.15, 0.2) is 5.69 Å². The Morgan fingerprint density at radius 1 is 1.42 bits per heavy atom. The molecule has 0 radical (unpaired) electrons. The number of H-pyrrole nitrogens is 1. The van der Waals surface area contributed by atoms with E-state index in [1.54, 1.807) is 0 Å². The average molecular weight is 221 g/mol. The van der Waals surface area contributed by atoms with E-state index in [9.17, 15) is 0 Å². The Morgan fingerprint density at radius 3 is 3.00 bits per heavy atom. The van der Waals surface area contributed by atoms with E-state index in [0.717, 1.165) is 15.4 Å². The third-order valence-electron chi connectivity index (χ3n) is 1.73. The third kappa shape index (κ3) is 1.01. The number of hydrogen-bond acceptors (Lipinski definition) is 0. The van der Waals surface area contributed by atoms with Gasteiger partial charge < -0.3 is 4.98 Å². The zero-order valence-corrected chi connectivity index (χ0v) is 7.72. The van der Waals surface area contributed by atoms with Crippen LogP contribution in [0, 0.1) is 6.57 Å². The molecule has 58 valence electrons. The minimum absolute atomic E-state index is 0.650. The van der Waals surface area contributed by atoms with E-state index < -0.39 is 0 Å². The number of halogens is 1. The Hall–Kier alpha value is -1.27. The molecule has 0 saturated carbocycles. The van der Waals surface area contributed by atoms with Crippen LogP contribution in [0.25, 0.3) is 15.7 Å². The van der Waals surface area contributed by atoms with Gasteiger partial charge in [-0.15, -0.1) is 0 Å². The summed E-state index contributed by atoms with van der Waals surface area (Å²) in [6, 6.07) is 5.64. The van der Waals surface area contributed by atoms with E-state index in [0.29, 0.717) is 5.69 Å². The van der Waals surface area contributed by atoms with Crippen LogP contribution in [-0.4, -0.2) is 4.98 Å². The van der Waals surface area contributed by atoms with Crippen LogP contribution < -0.4 is 0 Å². The van der Waals surface area contributed by atoms with Crippen molar-refractivity contribution in [3.8, 4) is 0 Å². The lowest BCUT2D eigenvalue weighted by molar-refractivity contribution is 1.48. The molecule has 1 aromatic heterocycles. The molecule has 0 fully saturated rings. The zero-order valence-electron chi connectivity index (χ0n) is 6.13. The normalized spacial score (nSPS) is 10.0. The van der Waals surface area contributed by atoms with Crippen molar-refractivity contribution in [2.75, 3.05) is 0 Å². The number of nitrogens with zero attached hydrogens (tertiary/aromatic N) is 1. The van der Waals surface area contributed by atoms with Gasteiger partial charge in [0.25, 0.3) is 0 Å². The monoisotopic (exact) mass is 220 g/mol. The highest BCUT2D eigenvalue weighted by Gasteiger charge is 2.01. The zero-order chi connectivity index (χ0) is 8.55. The molecular formula is C9H5BrN2. The van der Waals surface area contributed by atoms with Crippen LogP contribution in [-0.2, 0) is 0 Å². The summed E-state index contributed by atoms with van der Waals surface area (Å²) in [6.07, 6.45) is 1.86. The predicted octanol–water partition coefficient (Wildman–Crippen LogP) is 3.48. The lowest BCUT2D eigenvalue weighted by Crippen LogP contribution is -1.69. The number of benzene rings is 1. The molecule has 0 bridgehead atoms. The van der Waals surface area contributed by atoms with Gasteiger partial charge in [0, 0.05) is 21.6 Å². The predicted molar refractivity (Wildman–Crippen MR) is 52.3 cm³/mol. The molecular weight excluding hydrogens is 216 g/mol. The number of aromatic nitrogens is 1. The first-order valence-electron chi connectivity index (χ1n) is 3.45. The Bertz CT molecular complexity index is 465. The van der Waals surface area contributed by atoms with Crippen molar-refractivity contribution in [2.45, 2.75) is 0 Å². The van der Waals surface area contributed by atoms with Crippen LogP contribution in [0.3, 0.4) is 0 Å². The average Bonchev–Trinajstić information content (AvgIpc) is 2.52. The Balaban J connectivity index is 2.86. The lowest BCUT2D eigenvalue weighted by atomic mass is 10.2. The molecule has 1 aromatic carbocycles. The maximum absolute atomic E-state index is 6.86. The molecule has 0 atom stereocenters. The Morgan fingerprint density at radius 2 is 2.25 bits per heavy atom. The van der Waals surface area contributed by atoms with Gasteiger partial charge in [-0.2, -0.15) is 0 Å². The van der Waals surface area contributed by atoms with E-state index in [1.165, 1.54) is 0 Å². The van der Waals surface area contributed by atoms with E-state index >= 15 is 0 Å². The first-order chi connectivity index (χ1) is 5.81. The van der Waals surface area contributed by atoms with Gasteiger partial charge in [0.1, 0.15) is 0 Å². The van der Waals surface area contributed by atoms with E-state index in [1.807, 2.05) is 24.4 Å². The molecule has 0 unspecified atom stereocenters. The van der Waals surface area contributed by atoms with Gasteiger partial charge in [0.05, 0.1) is 6.57 Å². The van der Waals surface area contributed by atoms with E-state index in [4.69, 9.17) is 6.57 Å². The second-order valence-electron chi connectivity index (χ2n) is 2.48. The summed E-state index contributed by atoms with van der Waals surface area (Å²) in [7, 11) is 0. The minimum atomic E-state index is 0.650. The van der Waals surface area contributed by atoms with Crippen molar-refractivity contribution < 1.29 is 0 Å². The standard InChI is InChI=1S/C9H5BrN2/c1-11-6-4-8(10)7-2-3-12-9(7)5-6/h2-5,12H. The second-order valence-corrected chi connectivity index (χ2v) is 3.33. The largest absolute Gasteiger partial charge is 0.362 e. The number of hydrogen-bond donors (Lipinski definition) is 1. The summed E-state index contributed by atoms with van der Waals surface area (Å²) in [6.45, 7) is 6.86. The van der Waals surface area contributed by atoms with Crippen LogP contribution in [0.1, 0.15) is 0 Å². The quantitative estimate of drug-likeness (QED) is 0.657. The van der Waals surface area contributed by atoms with E-state index in [-0.39, 0.29) is 0 Å². The molecule has 12 heavy (non-hydrogen) atoms. The smallest absolute Gasteiger partial charge is 0.190 e. The fraction of sp³-hybridized carbons (Fsp3) is 0. The minimum Gasteiger partial charge on any atom is -0.362 e. The second kappa shape index (κ2) is 2.65. The van der Waals surface area contributed by atoms with Crippen molar-refractivity contribution >= 4 is 32.5 Å². The molecule has 0 aliphatic rings. The van der Waals surface area contributed by atoms with Crippen molar-refractivity contribution in [3.63, 3.8) is 0 Å². The van der Waals surface area contributed by atoms with Gasteiger partial charge >= 0.3 is 0 Å². The Labute approximate surface area is 78.2 Å². The summed E-state index contributed by atoms with van der Waals surface area (Å²) in [4.78, 5) is 6.42. The molecule has 0 aliphatic carbocycles. The molecule has 2 rings (SSSR count). The van der Waals surface area contributed by atoms with Crippen LogP contribution in [0.2, 0.25) is 0 Å². The van der Waals surface area contributed by atoms with E-state index in [2.05, 4.69) is 25.8 Å². The molecule has 0 amide bonds. The molecule has 2 aromatic rings. The van der Waals surface area contributed by atoms with Gasteiger partial charge in [0.2, 0.25) is 0 Å². The molecule has 0 aliphatic heterocycles. The number of aromatic amines is 1. The van der Waals surface area contributed by atoms with Crippen LogP contribution in [0.15, 0.2) is 28.9 Å². The number of fused-ring (bicyclic) bond motifs is 1. The van der Waals surface area contributed by atoms with Gasteiger partial charge in [-0.3, -0.25) is 0 Å². The fourth-order valence-corrected chi connectivity index (χ4v) is 1.75. The van der Waals surface area contributed by atoms with Gasteiger partial charge in [-0.1, -0.05) is 15.9 Å². The van der Waals surface area contributed by atoms with Crippen molar-refractivity contribution in [1.82, 2.24) is 4.98 Å². The van der Waals surface area contributed by atoms with Crippen LogP contribution >= 0.6 is 15.9 Å². The summed E-state index contributed by atoms with van der Waals surface area (Å²) in [5.41, 5.74) is 1.65. The lowest BCUT2D eigenvalue weighted by Gasteiger charge is -1.94. The van der Waals surface area contributed by atoms with Crippen LogP contribution in [0.5, 0.6) is 0 Å². The van der Waals surface area contributed by atoms with Crippen molar-refractivity contribution in [1.29, 1.82) is 0 Å². The van der Waals surface area contributed by atoms with Crippen molar-refractivity contribution in [3.05, 3.63) is 40.3 Å². The highest BCUT2D eigenvalue weighted by atomic mass is 79.9. The van der Waals surface area contributed by atoms with Gasteiger partial charge in [-0.25, -0.2) is 4.85 Å². The molecule has 3 heteroatoms. The molecule has 0 saturated heterocycles. The highest BCUT2D eigenvalue weighted by molar-refractivity contribution is 9.10. The number of rotatable bonds is 0. The maximum atomic E-state index is 6.86. The molecule has 1 N–H and O–H groups in total. The van der Waals surface area contributed by atoms with Crippen LogP contribution in [0.4, 0.5) is 5.69 Å². The first kappa shape index (κ1) is 7.38. The SMILES string of the molecule is [C-]#[N+]c1cc(Br)c2cc[nH]c2c1. The Kier molecular flexibility index (Phi) is 1.63. The highest BCUT2D eigenvalue weighted by Crippen LogP contribution is 2.28. The maximum Gasteiger partial charge on any atom is 0.190 e. The summed E-state index contributed by atoms with van der Waals surface area (Å²) < 4.78 is 0.965. The summed E-state index contributed by atoms with van der Waals surface area (Å²) in [5.74, 6) is 0. The third-order valence-corrected chi connectivity index (χ3v) is 2.39. The molecule has 1 heterocycles. The van der Waals surface area contributed by atoms with Gasteiger partial charge in [-0.05, 0) is 18.2 Å². The fourth-order valence-electron chi connectivity index (χ4n) is 1.17. The topological polar surface area (TPSA) is 20.1 Å². The molecule has 2 nitrogen and oxygen atoms in total. The molecule has 0 spiro atoms. The number of nitrogens with one attached hydrogen (secondary N) is 1. The summed E-state index contributed by atoms with van der Waals surface area (Å²) >= 11 is 3.40.